The topological polar surface area (TPSA) is 61.8 Å². The van der Waals surface area contributed by atoms with E-state index in [0.29, 0.717) is 17.6 Å². The van der Waals surface area contributed by atoms with E-state index in [2.05, 4.69) is 74.9 Å². The van der Waals surface area contributed by atoms with Gasteiger partial charge in [-0.05, 0) is 62.9 Å². The van der Waals surface area contributed by atoms with Gasteiger partial charge in [0.25, 0.3) is 5.91 Å². The Morgan fingerprint density at radius 2 is 1.92 bits per heavy atom. The molecule has 2 aromatic carbocycles. The van der Waals surface area contributed by atoms with E-state index in [1.165, 1.54) is 11.1 Å². The molecule has 6 rings (SSSR count). The molecule has 2 aliphatic heterocycles. The molecule has 3 aromatic rings. The minimum Gasteiger partial charge on any atom is -0.376 e. The molecule has 39 heavy (non-hydrogen) atoms. The number of hydrogen-bond donors (Lipinski definition) is 0. The van der Waals surface area contributed by atoms with Gasteiger partial charge in [-0.15, -0.1) is 0 Å². The maximum Gasteiger partial charge on any atom is 0.256 e. The second-order valence-electron chi connectivity index (χ2n) is 11.6. The van der Waals surface area contributed by atoms with Crippen molar-refractivity contribution in [2.75, 3.05) is 39.3 Å². The molecule has 3 atom stereocenters. The van der Waals surface area contributed by atoms with Crippen LogP contribution in [0.5, 0.6) is 0 Å². The Morgan fingerprint density at radius 1 is 1.13 bits per heavy atom. The zero-order valence-electron chi connectivity index (χ0n) is 23.1. The summed E-state index contributed by atoms with van der Waals surface area (Å²) in [5.74, 6) is 0.0647. The van der Waals surface area contributed by atoms with E-state index in [0.717, 1.165) is 74.0 Å². The fraction of sp³-hybridized carbons (Fsp3) is 0.516. The van der Waals surface area contributed by atoms with Gasteiger partial charge in [-0.3, -0.25) is 14.6 Å². The predicted octanol–water partition coefficient (Wildman–Crippen LogP) is 5.10. The summed E-state index contributed by atoms with van der Waals surface area (Å²) in [5.41, 5.74) is 4.34. The molecular formula is C31H38BrN5O2. The Labute approximate surface area is 239 Å². The Kier molecular flexibility index (Phi) is 7.48. The van der Waals surface area contributed by atoms with Crippen molar-refractivity contribution >= 4 is 32.7 Å². The molecule has 1 aromatic heterocycles. The zero-order valence-corrected chi connectivity index (χ0v) is 24.7. The summed E-state index contributed by atoms with van der Waals surface area (Å²) in [6.07, 6.45) is 4.75. The molecule has 0 saturated carbocycles. The van der Waals surface area contributed by atoms with Crippen LogP contribution in [0.15, 0.2) is 53.1 Å². The maximum atomic E-state index is 13.5. The van der Waals surface area contributed by atoms with Crippen LogP contribution in [0, 0.1) is 0 Å². The normalized spacial score (nSPS) is 25.6. The average Bonchev–Trinajstić information content (AvgIpc) is 3.29. The van der Waals surface area contributed by atoms with Gasteiger partial charge in [0, 0.05) is 67.2 Å². The lowest BCUT2D eigenvalue weighted by Gasteiger charge is -2.53. The molecule has 8 heteroatoms. The fourth-order valence-electron chi connectivity index (χ4n) is 7.06. The highest BCUT2D eigenvalue weighted by Crippen LogP contribution is 2.42. The number of piperidine rings is 1. The van der Waals surface area contributed by atoms with E-state index in [9.17, 15) is 4.79 Å². The quantitative estimate of drug-likeness (QED) is 0.411. The van der Waals surface area contributed by atoms with Crippen molar-refractivity contribution in [3.8, 4) is 0 Å². The number of ether oxygens (including phenoxy) is 1. The Bertz CT molecular complexity index is 1350. The van der Waals surface area contributed by atoms with Crippen LogP contribution in [0.2, 0.25) is 0 Å². The molecular weight excluding hydrogens is 554 g/mol. The van der Waals surface area contributed by atoms with Crippen LogP contribution in [0.3, 0.4) is 0 Å². The molecule has 1 aliphatic carbocycles. The van der Waals surface area contributed by atoms with Crippen LogP contribution < -0.4 is 0 Å². The summed E-state index contributed by atoms with van der Waals surface area (Å²) in [6, 6.07) is 15.2. The summed E-state index contributed by atoms with van der Waals surface area (Å²) in [4.78, 5) is 20.8. The van der Waals surface area contributed by atoms with Gasteiger partial charge in [0.2, 0.25) is 0 Å². The first-order valence-electron chi connectivity index (χ1n) is 14.3. The number of likely N-dealkylation sites (tertiary alicyclic amines) is 1. The minimum absolute atomic E-state index is 0.0647. The minimum atomic E-state index is 0.0647. The van der Waals surface area contributed by atoms with Crippen molar-refractivity contribution in [2.45, 2.75) is 63.8 Å². The van der Waals surface area contributed by atoms with E-state index >= 15 is 0 Å². The van der Waals surface area contributed by atoms with Crippen molar-refractivity contribution in [3.05, 3.63) is 69.8 Å². The number of aromatic nitrogens is 2. The summed E-state index contributed by atoms with van der Waals surface area (Å²) in [5, 5.41) is 9.15. The number of piperazine rings is 1. The standard InChI is InChI=1S/C31H38BrN5O2/c1-4-39-28-18-22-17-23(32)9-10-24(22)29(28)37-16-15-36(20-21(37)2)31(3)11-13-35(14-12-31)30(38)26-19-33-34-27-8-6-5-7-25(26)27/h5-10,17,19,21,28-29H,4,11-16,18,20H2,1-3H3/t21-,28?,29?/m0/s1. The number of carbonyl (C=O) groups excluding carboxylic acids is 1. The maximum absolute atomic E-state index is 13.5. The molecule has 0 bridgehead atoms. The lowest BCUT2D eigenvalue weighted by molar-refractivity contribution is -0.0630. The first kappa shape index (κ1) is 26.8. The second-order valence-corrected chi connectivity index (χ2v) is 12.5. The molecule has 0 radical (unpaired) electrons. The molecule has 0 spiro atoms. The van der Waals surface area contributed by atoms with Crippen LogP contribution >= 0.6 is 15.9 Å². The van der Waals surface area contributed by atoms with Crippen LogP contribution in [0.1, 0.15) is 61.1 Å². The zero-order chi connectivity index (χ0) is 27.1. The van der Waals surface area contributed by atoms with Crippen molar-refractivity contribution in [2.24, 2.45) is 0 Å². The van der Waals surface area contributed by atoms with E-state index in [1.54, 1.807) is 6.20 Å². The summed E-state index contributed by atoms with van der Waals surface area (Å²) < 4.78 is 7.42. The Morgan fingerprint density at radius 3 is 2.69 bits per heavy atom. The third-order valence-corrected chi connectivity index (χ3v) is 9.78. The Balaban J connectivity index is 1.12. The summed E-state index contributed by atoms with van der Waals surface area (Å²) in [6.45, 7) is 12.2. The number of fused-ring (bicyclic) bond motifs is 2. The van der Waals surface area contributed by atoms with Crippen LogP contribution in [0.25, 0.3) is 10.9 Å². The van der Waals surface area contributed by atoms with E-state index in [-0.39, 0.29) is 17.6 Å². The van der Waals surface area contributed by atoms with Crippen LogP contribution in [0.4, 0.5) is 0 Å². The number of benzene rings is 2. The van der Waals surface area contributed by atoms with Gasteiger partial charge in [0.15, 0.2) is 0 Å². The largest absolute Gasteiger partial charge is 0.376 e. The van der Waals surface area contributed by atoms with Crippen molar-refractivity contribution < 1.29 is 9.53 Å². The highest BCUT2D eigenvalue weighted by molar-refractivity contribution is 9.10. The SMILES string of the molecule is CCOC1Cc2cc(Br)ccc2C1N1CCN(C2(C)CCN(C(=O)c3cnnc4ccccc34)CC2)C[C@@H]1C. The van der Waals surface area contributed by atoms with Gasteiger partial charge in [-0.1, -0.05) is 40.2 Å². The van der Waals surface area contributed by atoms with Gasteiger partial charge >= 0.3 is 0 Å². The highest BCUT2D eigenvalue weighted by Gasteiger charge is 2.44. The monoisotopic (exact) mass is 591 g/mol. The predicted molar refractivity (Wildman–Crippen MR) is 157 cm³/mol. The third kappa shape index (κ3) is 5.01. The van der Waals surface area contributed by atoms with E-state index in [4.69, 9.17) is 4.74 Å². The third-order valence-electron chi connectivity index (χ3n) is 9.28. The molecule has 3 aliphatic rings. The molecule has 2 unspecified atom stereocenters. The highest BCUT2D eigenvalue weighted by atomic mass is 79.9. The van der Waals surface area contributed by atoms with Crippen molar-refractivity contribution in [1.29, 1.82) is 0 Å². The number of nitrogens with zero attached hydrogens (tertiary/aromatic N) is 5. The first-order valence-corrected chi connectivity index (χ1v) is 15.1. The van der Waals surface area contributed by atoms with Gasteiger partial charge in [0.05, 0.1) is 29.4 Å². The molecule has 2 saturated heterocycles. The first-order chi connectivity index (χ1) is 18.9. The van der Waals surface area contributed by atoms with E-state index < -0.39 is 0 Å². The average molecular weight is 593 g/mol. The number of hydrogen-bond acceptors (Lipinski definition) is 6. The second kappa shape index (κ2) is 10.9. The number of carbonyl (C=O) groups is 1. The lowest BCUT2D eigenvalue weighted by Crippen LogP contribution is -2.62. The van der Waals surface area contributed by atoms with Gasteiger partial charge in [0.1, 0.15) is 0 Å². The van der Waals surface area contributed by atoms with Gasteiger partial charge in [-0.2, -0.15) is 10.2 Å². The smallest absolute Gasteiger partial charge is 0.256 e. The van der Waals surface area contributed by atoms with E-state index in [1.807, 2.05) is 29.2 Å². The number of rotatable bonds is 5. The molecule has 2 fully saturated rings. The van der Waals surface area contributed by atoms with Crippen molar-refractivity contribution in [3.63, 3.8) is 0 Å². The van der Waals surface area contributed by atoms with Crippen LogP contribution in [-0.4, -0.2) is 87.8 Å². The van der Waals surface area contributed by atoms with Gasteiger partial charge < -0.3 is 9.64 Å². The summed E-state index contributed by atoms with van der Waals surface area (Å²) in [7, 11) is 0. The fourth-order valence-corrected chi connectivity index (χ4v) is 7.46. The van der Waals surface area contributed by atoms with Crippen molar-refractivity contribution in [1.82, 2.24) is 24.9 Å². The molecule has 206 valence electrons. The number of amides is 1. The molecule has 7 nitrogen and oxygen atoms in total. The molecule has 3 heterocycles. The molecule has 1 amide bonds. The van der Waals surface area contributed by atoms with Gasteiger partial charge in [-0.25, -0.2) is 0 Å². The van der Waals surface area contributed by atoms with Crippen LogP contribution in [-0.2, 0) is 11.2 Å². The lowest BCUT2D eigenvalue weighted by atomic mass is 9.86. The summed E-state index contributed by atoms with van der Waals surface area (Å²) >= 11 is 3.65. The number of halogens is 1. The molecule has 0 N–H and O–H groups in total. The Hall–Kier alpha value is -2.39.